The Kier molecular flexibility index (Phi) is 8.03. The molecule has 0 spiro atoms. The van der Waals surface area contributed by atoms with Crippen molar-refractivity contribution in [3.8, 4) is 22.3 Å². The van der Waals surface area contributed by atoms with Gasteiger partial charge in [-0.1, -0.05) is 134 Å². The Hall–Kier alpha value is -8.60. The molecule has 0 amide bonds. The summed E-state index contributed by atoms with van der Waals surface area (Å²) in [5.74, 6) is 0.804. The van der Waals surface area contributed by atoms with Crippen LogP contribution >= 0.6 is 0 Å². The quantitative estimate of drug-likeness (QED) is 0.143. The minimum Gasteiger partial charge on any atom is -0.456 e. The van der Waals surface area contributed by atoms with Gasteiger partial charge in [0.1, 0.15) is 22.5 Å². The summed E-state index contributed by atoms with van der Waals surface area (Å²) in [6, 6.07) is 73.5. The van der Waals surface area contributed by atoms with Gasteiger partial charge in [0.25, 0.3) is 0 Å². The number of benzene rings is 9. The fourth-order valence-corrected chi connectivity index (χ4v) is 9.92. The van der Waals surface area contributed by atoms with Gasteiger partial charge in [-0.15, -0.1) is 0 Å². The zero-order valence-corrected chi connectivity index (χ0v) is 34.7. The number of hydrogen-bond donors (Lipinski definition) is 0. The van der Waals surface area contributed by atoms with E-state index in [4.69, 9.17) is 8.83 Å². The standard InChI is InChI=1S/C60H38N2O2/c1-2-12-47(57-36-42-15-6-11-20-56(42)63-57)40-23-28-45(29-24-40)61(44-26-21-39(22-27-44)38-13-4-3-5-14-38)46-30-32-51-50-31-25-41(35-58(50)64-59(51)37-46)43-33-52-48-16-7-9-18-54(48)62-55-19-10-8-17-49(55)53(34-43)60(52)62/h2-37H,1H2. The molecular weight excluding hydrogens is 781 g/mol. The maximum Gasteiger partial charge on any atom is 0.137 e. The lowest BCUT2D eigenvalue weighted by atomic mass is 9.98. The number of para-hydroxylation sites is 3. The van der Waals surface area contributed by atoms with Crippen molar-refractivity contribution in [3.63, 3.8) is 0 Å². The third-order valence-corrected chi connectivity index (χ3v) is 12.9. The molecule has 0 aliphatic heterocycles. The van der Waals surface area contributed by atoms with Gasteiger partial charge in [0.15, 0.2) is 0 Å². The Bertz CT molecular complexity index is 3840. The van der Waals surface area contributed by atoms with Crippen LogP contribution in [-0.2, 0) is 0 Å². The Morgan fingerprint density at radius 1 is 0.422 bits per heavy atom. The lowest BCUT2D eigenvalue weighted by Gasteiger charge is -2.26. The van der Waals surface area contributed by atoms with E-state index >= 15 is 0 Å². The van der Waals surface area contributed by atoms with Crippen LogP contribution in [0.25, 0.3) is 98.8 Å². The first-order valence-electron chi connectivity index (χ1n) is 21.7. The first-order valence-corrected chi connectivity index (χ1v) is 21.7. The third kappa shape index (κ3) is 5.63. The molecule has 0 atom stereocenters. The number of rotatable bonds is 8. The molecule has 0 aliphatic rings. The molecule has 0 fully saturated rings. The highest BCUT2D eigenvalue weighted by molar-refractivity contribution is 6.24. The fourth-order valence-electron chi connectivity index (χ4n) is 9.92. The maximum atomic E-state index is 6.81. The van der Waals surface area contributed by atoms with Gasteiger partial charge in [-0.2, -0.15) is 0 Å². The molecule has 4 nitrogen and oxygen atoms in total. The van der Waals surface area contributed by atoms with Crippen LogP contribution in [-0.4, -0.2) is 4.40 Å². The average Bonchev–Trinajstić information content (AvgIpc) is 4.12. The van der Waals surface area contributed by atoms with E-state index in [-0.39, 0.29) is 0 Å². The summed E-state index contributed by atoms with van der Waals surface area (Å²) >= 11 is 0. The lowest BCUT2D eigenvalue weighted by molar-refractivity contribution is 0.600. The van der Waals surface area contributed by atoms with E-state index in [9.17, 15) is 0 Å². The van der Waals surface area contributed by atoms with Gasteiger partial charge >= 0.3 is 0 Å². The molecule has 13 rings (SSSR count). The van der Waals surface area contributed by atoms with Crippen LogP contribution in [0.5, 0.6) is 0 Å². The molecule has 0 saturated heterocycles. The predicted molar refractivity (Wildman–Crippen MR) is 267 cm³/mol. The van der Waals surface area contributed by atoms with Gasteiger partial charge in [0.2, 0.25) is 0 Å². The highest BCUT2D eigenvalue weighted by Crippen LogP contribution is 2.44. The van der Waals surface area contributed by atoms with Gasteiger partial charge in [-0.25, -0.2) is 0 Å². The summed E-state index contributed by atoms with van der Waals surface area (Å²) in [4.78, 5) is 2.29. The monoisotopic (exact) mass is 818 g/mol. The smallest absolute Gasteiger partial charge is 0.137 e. The van der Waals surface area contributed by atoms with Crippen LogP contribution in [0.4, 0.5) is 17.1 Å². The molecule has 0 saturated carbocycles. The van der Waals surface area contributed by atoms with E-state index < -0.39 is 0 Å². The number of fused-ring (bicyclic) bond motifs is 10. The second-order valence-electron chi connectivity index (χ2n) is 16.5. The molecular formula is C60H38N2O2. The zero-order chi connectivity index (χ0) is 42.3. The maximum absolute atomic E-state index is 6.81. The molecule has 0 radical (unpaired) electrons. The highest BCUT2D eigenvalue weighted by Gasteiger charge is 2.21. The van der Waals surface area contributed by atoms with Crippen molar-refractivity contribution in [2.24, 2.45) is 0 Å². The molecule has 0 N–H and O–H groups in total. The molecule has 300 valence electrons. The molecule has 0 unspecified atom stereocenters. The van der Waals surface area contributed by atoms with E-state index in [2.05, 4.69) is 204 Å². The second kappa shape index (κ2) is 14.2. The Balaban J connectivity index is 0.915. The largest absolute Gasteiger partial charge is 0.456 e. The van der Waals surface area contributed by atoms with Crippen LogP contribution in [0, 0.1) is 0 Å². The predicted octanol–water partition coefficient (Wildman–Crippen LogP) is 16.9. The Labute approximate surface area is 368 Å². The average molecular weight is 819 g/mol. The summed E-state index contributed by atoms with van der Waals surface area (Å²) in [6.45, 7) is 4.02. The number of anilines is 3. The van der Waals surface area contributed by atoms with Gasteiger partial charge in [-0.05, 0) is 113 Å². The normalized spacial score (nSPS) is 12.2. The van der Waals surface area contributed by atoms with Crippen LogP contribution in [0.15, 0.2) is 234 Å². The van der Waals surface area contributed by atoms with Crippen molar-refractivity contribution in [2.75, 3.05) is 4.90 Å². The molecule has 4 heterocycles. The van der Waals surface area contributed by atoms with Crippen LogP contribution in [0.3, 0.4) is 0 Å². The third-order valence-electron chi connectivity index (χ3n) is 12.9. The van der Waals surface area contributed by atoms with Crippen molar-refractivity contribution >= 4 is 93.6 Å². The first kappa shape index (κ1) is 36.1. The number of hydrogen-bond acceptors (Lipinski definition) is 3. The number of furan rings is 2. The fraction of sp³-hybridized carbons (Fsp3) is 0. The van der Waals surface area contributed by atoms with E-state index in [0.29, 0.717) is 0 Å². The molecule has 13 aromatic rings. The van der Waals surface area contributed by atoms with E-state index in [1.807, 2.05) is 30.4 Å². The summed E-state index contributed by atoms with van der Waals surface area (Å²) in [6.07, 6.45) is 3.83. The van der Waals surface area contributed by atoms with E-state index in [1.54, 1.807) is 0 Å². The van der Waals surface area contributed by atoms with Gasteiger partial charge in [0.05, 0.1) is 16.6 Å². The van der Waals surface area contributed by atoms with Crippen molar-refractivity contribution in [3.05, 3.63) is 236 Å². The second-order valence-corrected chi connectivity index (χ2v) is 16.5. The molecule has 64 heavy (non-hydrogen) atoms. The molecule has 0 aliphatic carbocycles. The number of aromatic nitrogens is 1. The van der Waals surface area contributed by atoms with Crippen molar-refractivity contribution < 1.29 is 8.83 Å². The summed E-state index contributed by atoms with van der Waals surface area (Å²) in [5.41, 5.74) is 16.0. The molecule has 9 aromatic carbocycles. The summed E-state index contributed by atoms with van der Waals surface area (Å²) in [7, 11) is 0. The zero-order valence-electron chi connectivity index (χ0n) is 34.7. The number of nitrogens with zero attached hydrogens (tertiary/aromatic N) is 2. The topological polar surface area (TPSA) is 33.9 Å². The van der Waals surface area contributed by atoms with Gasteiger partial charge < -0.3 is 18.1 Å². The van der Waals surface area contributed by atoms with Crippen LogP contribution in [0.1, 0.15) is 11.3 Å². The molecule has 4 aromatic heterocycles. The Morgan fingerprint density at radius 2 is 1.00 bits per heavy atom. The van der Waals surface area contributed by atoms with E-state index in [1.165, 1.54) is 49.2 Å². The SMILES string of the molecule is C=CC=C(c1ccc(N(c2ccc(-c3ccccc3)cc2)c2ccc3c(c2)oc2cc(-c4cc5c6ccccc6n6c7ccccc7c(c4)c56)ccc23)cc1)c1cc2ccccc2o1. The van der Waals surface area contributed by atoms with Crippen molar-refractivity contribution in [1.82, 2.24) is 4.40 Å². The van der Waals surface area contributed by atoms with Crippen molar-refractivity contribution in [2.45, 2.75) is 0 Å². The van der Waals surface area contributed by atoms with Crippen LogP contribution in [0.2, 0.25) is 0 Å². The molecule has 4 heteroatoms. The minimum absolute atomic E-state index is 0.804. The van der Waals surface area contributed by atoms with Gasteiger partial charge in [0, 0.05) is 66.4 Å². The number of allylic oxidation sites excluding steroid dienone is 2. The van der Waals surface area contributed by atoms with Crippen molar-refractivity contribution in [1.29, 1.82) is 0 Å². The molecule has 0 bridgehead atoms. The van der Waals surface area contributed by atoms with E-state index in [0.717, 1.165) is 78.0 Å². The lowest BCUT2D eigenvalue weighted by Crippen LogP contribution is -2.10. The Morgan fingerprint density at radius 3 is 1.70 bits per heavy atom. The van der Waals surface area contributed by atoms with Gasteiger partial charge in [-0.3, -0.25) is 0 Å². The minimum atomic E-state index is 0.804. The first-order chi connectivity index (χ1) is 31.7. The summed E-state index contributed by atoms with van der Waals surface area (Å²) in [5, 5.41) is 8.30. The highest BCUT2D eigenvalue weighted by atomic mass is 16.3. The summed E-state index contributed by atoms with van der Waals surface area (Å²) < 4.78 is 15.6. The van der Waals surface area contributed by atoms with Crippen LogP contribution < -0.4 is 4.90 Å².